The number of benzene rings is 2. The molecule has 0 unspecified atom stereocenters. The van der Waals surface area contributed by atoms with Crippen molar-refractivity contribution in [3.05, 3.63) is 64.8 Å². The topological polar surface area (TPSA) is 120 Å². The highest BCUT2D eigenvalue weighted by Crippen LogP contribution is 2.32. The van der Waals surface area contributed by atoms with Gasteiger partial charge in [0.1, 0.15) is 22.2 Å². The molecule has 2 aromatic heterocycles. The van der Waals surface area contributed by atoms with Crippen LogP contribution in [-0.2, 0) is 10.0 Å². The summed E-state index contributed by atoms with van der Waals surface area (Å²) in [4.78, 5) is 4.61. The lowest BCUT2D eigenvalue weighted by Crippen LogP contribution is -2.40. The van der Waals surface area contributed by atoms with Crippen molar-refractivity contribution in [1.82, 2.24) is 18.9 Å². The highest BCUT2D eigenvalue weighted by Gasteiger charge is 2.31. The zero-order valence-corrected chi connectivity index (χ0v) is 22.0. The largest absolute Gasteiger partial charge is 0.507 e. The Morgan fingerprint density at radius 2 is 1.83 bits per heavy atom. The van der Waals surface area contributed by atoms with Gasteiger partial charge in [0.05, 0.1) is 16.4 Å². The second kappa shape index (κ2) is 9.72. The van der Waals surface area contributed by atoms with Crippen LogP contribution in [-0.4, -0.2) is 57.2 Å². The predicted molar refractivity (Wildman–Crippen MR) is 141 cm³/mol. The molecule has 1 saturated heterocycles. The number of hydrogen-bond acceptors (Lipinski definition) is 7. The van der Waals surface area contributed by atoms with E-state index in [9.17, 15) is 18.6 Å². The summed E-state index contributed by atoms with van der Waals surface area (Å²) in [7, 11) is -3.75. The molecule has 0 atom stereocenters. The fourth-order valence-corrected chi connectivity index (χ4v) is 6.36. The number of nitrogens with one attached hydrogen (secondary N) is 1. The Morgan fingerprint density at radius 1 is 1.08 bits per heavy atom. The molecule has 2 aromatic carbocycles. The summed E-state index contributed by atoms with van der Waals surface area (Å²) in [6.07, 6.45) is 3.04. The van der Waals surface area contributed by atoms with Crippen LogP contribution in [0.3, 0.4) is 0 Å². The molecule has 1 aliphatic heterocycles. The average molecular weight is 572 g/mol. The lowest BCUT2D eigenvalue weighted by Gasteiger charge is -2.31. The Balaban J connectivity index is 1.30. The van der Waals surface area contributed by atoms with E-state index in [1.54, 1.807) is 35.8 Å². The summed E-state index contributed by atoms with van der Waals surface area (Å²) in [5.41, 5.74) is 2.66. The number of anilines is 1. The molecule has 0 radical (unpaired) electrons. The molecule has 9 nitrogen and oxygen atoms in total. The molecule has 3 heterocycles. The van der Waals surface area contributed by atoms with Gasteiger partial charge in [0.25, 0.3) is 0 Å². The second-order valence-corrected chi connectivity index (χ2v) is 11.7. The van der Waals surface area contributed by atoms with Crippen LogP contribution in [0, 0.1) is 12.8 Å². The number of halogens is 1. The van der Waals surface area contributed by atoms with Crippen LogP contribution in [0.4, 0.5) is 5.82 Å². The highest BCUT2D eigenvalue weighted by molar-refractivity contribution is 9.10. The first-order chi connectivity index (χ1) is 17.2. The maximum absolute atomic E-state index is 13.1. The van der Waals surface area contributed by atoms with Crippen LogP contribution >= 0.6 is 15.9 Å². The van der Waals surface area contributed by atoms with Gasteiger partial charge in [-0.2, -0.15) is 13.9 Å². The number of aromatic hydroxyl groups is 2. The molecule has 0 spiro atoms. The van der Waals surface area contributed by atoms with Crippen molar-refractivity contribution in [2.24, 2.45) is 5.92 Å². The van der Waals surface area contributed by atoms with Crippen LogP contribution in [0.25, 0.3) is 16.9 Å². The van der Waals surface area contributed by atoms with Crippen LogP contribution in [0.2, 0.25) is 0 Å². The van der Waals surface area contributed by atoms with Gasteiger partial charge < -0.3 is 15.5 Å². The van der Waals surface area contributed by atoms with Gasteiger partial charge in [-0.3, -0.25) is 0 Å². The van der Waals surface area contributed by atoms with Crippen LogP contribution < -0.4 is 5.32 Å². The number of hydrogen-bond donors (Lipinski definition) is 3. The predicted octanol–water partition coefficient (Wildman–Crippen LogP) is 4.39. The number of rotatable bonds is 6. The van der Waals surface area contributed by atoms with Crippen LogP contribution in [0.15, 0.2) is 64.1 Å². The molecule has 36 heavy (non-hydrogen) atoms. The van der Waals surface area contributed by atoms with E-state index in [0.29, 0.717) is 49.4 Å². The molecule has 11 heteroatoms. The van der Waals surface area contributed by atoms with Gasteiger partial charge in [-0.15, -0.1) is 0 Å². The van der Waals surface area contributed by atoms with Gasteiger partial charge in [-0.05, 0) is 71.4 Å². The quantitative estimate of drug-likeness (QED) is 0.314. The third kappa shape index (κ3) is 4.65. The number of phenolic OH excluding ortho intramolecular Hbond substituents is 2. The molecule has 5 rings (SSSR count). The molecular weight excluding hydrogens is 546 g/mol. The van der Waals surface area contributed by atoms with E-state index >= 15 is 0 Å². The summed E-state index contributed by atoms with van der Waals surface area (Å²) in [6.45, 7) is 3.19. The van der Waals surface area contributed by atoms with Crippen molar-refractivity contribution in [3.8, 4) is 22.8 Å². The van der Waals surface area contributed by atoms with E-state index in [2.05, 4.69) is 31.3 Å². The summed E-state index contributed by atoms with van der Waals surface area (Å²) >= 11 is 3.49. The minimum absolute atomic E-state index is 0.0511. The lowest BCUT2D eigenvalue weighted by molar-refractivity contribution is 0.281. The monoisotopic (exact) mass is 571 g/mol. The lowest BCUT2D eigenvalue weighted by atomic mass is 9.98. The zero-order valence-electron chi connectivity index (χ0n) is 19.6. The Kier molecular flexibility index (Phi) is 6.62. The zero-order chi connectivity index (χ0) is 25.4. The molecule has 0 bridgehead atoms. The molecule has 4 aromatic rings. The number of aromatic nitrogens is 3. The summed E-state index contributed by atoms with van der Waals surface area (Å²) in [6, 6.07) is 13.5. The van der Waals surface area contributed by atoms with Crippen molar-refractivity contribution in [3.63, 3.8) is 0 Å². The average Bonchev–Trinajstić information content (AvgIpc) is 3.23. The third-order valence-electron chi connectivity index (χ3n) is 6.49. The number of aryl methyl sites for hydroxylation is 1. The van der Waals surface area contributed by atoms with E-state index in [1.807, 2.05) is 18.2 Å². The van der Waals surface area contributed by atoms with E-state index in [0.717, 1.165) is 15.9 Å². The fraction of sp³-hybridized carbons (Fsp3) is 0.280. The highest BCUT2D eigenvalue weighted by atomic mass is 79.9. The molecule has 0 aliphatic carbocycles. The van der Waals surface area contributed by atoms with Gasteiger partial charge in [0.15, 0.2) is 5.65 Å². The first-order valence-electron chi connectivity index (χ1n) is 11.6. The van der Waals surface area contributed by atoms with Crippen molar-refractivity contribution in [1.29, 1.82) is 0 Å². The van der Waals surface area contributed by atoms with Gasteiger partial charge in [-0.1, -0.05) is 18.2 Å². The standard InChI is InChI=1S/C25H26BrN5O4S/c1-16-6-7-23(22(33)12-16)36(34,35)30-10-8-17(9-11-30)14-27-24-13-20(18-4-2-3-5-21(18)32)29-25-19(26)15-28-31(24)25/h2-7,12-13,15,17,27,32-33H,8-11,14H2,1H3. The van der Waals surface area contributed by atoms with Gasteiger partial charge in [-0.25, -0.2) is 13.4 Å². The van der Waals surface area contributed by atoms with Crippen LogP contribution in [0.5, 0.6) is 11.5 Å². The number of fused-ring (bicyclic) bond motifs is 1. The smallest absolute Gasteiger partial charge is 0.246 e. The van der Waals surface area contributed by atoms with Crippen molar-refractivity contribution in [2.75, 3.05) is 25.0 Å². The number of phenols is 2. The first kappa shape index (κ1) is 24.5. The molecule has 3 N–H and O–H groups in total. The molecule has 0 saturated carbocycles. The number of piperidine rings is 1. The number of sulfonamides is 1. The summed E-state index contributed by atoms with van der Waals surface area (Å²) < 4.78 is 30.0. The molecular formula is C25H26BrN5O4S. The summed E-state index contributed by atoms with van der Waals surface area (Å²) in [5.74, 6) is 0.901. The number of nitrogens with zero attached hydrogens (tertiary/aromatic N) is 4. The van der Waals surface area contributed by atoms with E-state index in [4.69, 9.17) is 0 Å². The minimum Gasteiger partial charge on any atom is -0.507 e. The van der Waals surface area contributed by atoms with E-state index in [1.165, 1.54) is 16.4 Å². The Hall–Kier alpha value is -3.15. The van der Waals surface area contributed by atoms with E-state index < -0.39 is 10.0 Å². The van der Waals surface area contributed by atoms with Gasteiger partial charge in [0.2, 0.25) is 10.0 Å². The molecule has 0 amide bonds. The van der Waals surface area contributed by atoms with Crippen molar-refractivity contribution in [2.45, 2.75) is 24.7 Å². The third-order valence-corrected chi connectivity index (χ3v) is 8.99. The van der Waals surface area contributed by atoms with E-state index in [-0.39, 0.29) is 22.3 Å². The maximum atomic E-state index is 13.1. The van der Waals surface area contributed by atoms with Crippen molar-refractivity contribution < 1.29 is 18.6 Å². The minimum atomic E-state index is -3.75. The van der Waals surface area contributed by atoms with Crippen LogP contribution in [0.1, 0.15) is 18.4 Å². The Morgan fingerprint density at radius 3 is 2.56 bits per heavy atom. The Bertz CT molecular complexity index is 1530. The SMILES string of the molecule is Cc1ccc(S(=O)(=O)N2CCC(CNc3cc(-c4ccccc4O)nc4c(Br)cnn34)CC2)c(O)c1. The van der Waals surface area contributed by atoms with Gasteiger partial charge >= 0.3 is 0 Å². The van der Waals surface area contributed by atoms with Gasteiger partial charge in [0, 0.05) is 31.3 Å². The normalized spacial score (nSPS) is 15.4. The Labute approximate surface area is 217 Å². The van der Waals surface area contributed by atoms with Crippen molar-refractivity contribution >= 4 is 37.4 Å². The first-order valence-corrected chi connectivity index (χ1v) is 13.8. The molecule has 188 valence electrons. The molecule has 1 fully saturated rings. The fourth-order valence-electron chi connectivity index (χ4n) is 4.48. The summed E-state index contributed by atoms with van der Waals surface area (Å²) in [5, 5.41) is 28.4. The second-order valence-electron chi connectivity index (χ2n) is 8.97. The molecule has 1 aliphatic rings. The maximum Gasteiger partial charge on any atom is 0.246 e. The number of para-hydroxylation sites is 1.